The quantitative estimate of drug-likeness (QED) is 0.807. The molecule has 15 heavy (non-hydrogen) atoms. The average Bonchev–Trinajstić information content (AvgIpc) is 2.79. The van der Waals surface area contributed by atoms with Crippen LogP contribution in [0.5, 0.6) is 5.88 Å². The van der Waals surface area contributed by atoms with E-state index in [-0.39, 0.29) is 0 Å². The molecule has 2 rings (SSSR count). The highest BCUT2D eigenvalue weighted by molar-refractivity contribution is 5.33. The lowest BCUT2D eigenvalue weighted by Crippen LogP contribution is -2.02. The smallest absolute Gasteiger partial charge is 0.233 e. The Bertz CT molecular complexity index is 416. The summed E-state index contributed by atoms with van der Waals surface area (Å²) in [6.07, 6.45) is 6.25. The van der Waals surface area contributed by atoms with Crippen molar-refractivity contribution in [1.29, 1.82) is 0 Å². The van der Waals surface area contributed by atoms with E-state index in [0.29, 0.717) is 24.1 Å². The normalized spacial score (nSPS) is 9.93. The minimum Gasteiger partial charge on any atom is -0.480 e. The Labute approximate surface area is 86.3 Å². The summed E-state index contributed by atoms with van der Waals surface area (Å²) < 4.78 is 10.00. The summed E-state index contributed by atoms with van der Waals surface area (Å²) in [5.74, 6) is 1.68. The van der Waals surface area contributed by atoms with Crippen LogP contribution in [0.15, 0.2) is 29.3 Å². The van der Waals surface area contributed by atoms with Gasteiger partial charge in [0.05, 0.1) is 32.2 Å². The van der Waals surface area contributed by atoms with E-state index in [9.17, 15) is 0 Å². The van der Waals surface area contributed by atoms with E-state index in [1.807, 2.05) is 0 Å². The molecule has 0 fully saturated rings. The molecule has 0 bridgehead atoms. The lowest BCUT2D eigenvalue weighted by atomic mass is 10.5. The van der Waals surface area contributed by atoms with Crippen LogP contribution in [-0.2, 0) is 6.54 Å². The fourth-order valence-corrected chi connectivity index (χ4v) is 1.04. The number of rotatable bonds is 4. The Morgan fingerprint density at radius 2 is 2.40 bits per heavy atom. The van der Waals surface area contributed by atoms with Gasteiger partial charge in [-0.2, -0.15) is 4.98 Å². The molecule has 6 heteroatoms. The standard InChI is InChI=1S/C9H10N4O2/c1-14-9-5-10-4-7(13-9)12-6-8-11-2-3-15-8/h2-5H,6H2,1H3,(H,12,13). The van der Waals surface area contributed by atoms with Crippen molar-refractivity contribution in [3.8, 4) is 5.88 Å². The number of methoxy groups -OCH3 is 1. The number of anilines is 1. The molecule has 0 spiro atoms. The van der Waals surface area contributed by atoms with Crippen molar-refractivity contribution in [1.82, 2.24) is 15.0 Å². The first-order valence-electron chi connectivity index (χ1n) is 4.37. The summed E-state index contributed by atoms with van der Waals surface area (Å²) in [5.41, 5.74) is 0. The van der Waals surface area contributed by atoms with E-state index in [2.05, 4.69) is 20.3 Å². The second-order valence-corrected chi connectivity index (χ2v) is 2.73. The lowest BCUT2D eigenvalue weighted by Gasteiger charge is -2.03. The largest absolute Gasteiger partial charge is 0.480 e. The maximum atomic E-state index is 5.06. The van der Waals surface area contributed by atoms with Crippen LogP contribution in [0.4, 0.5) is 5.82 Å². The third-order valence-corrected chi connectivity index (χ3v) is 1.73. The van der Waals surface area contributed by atoms with Gasteiger partial charge in [0.15, 0.2) is 0 Å². The van der Waals surface area contributed by atoms with Crippen molar-refractivity contribution in [2.45, 2.75) is 6.54 Å². The highest BCUT2D eigenvalue weighted by atomic mass is 16.5. The minimum absolute atomic E-state index is 0.465. The van der Waals surface area contributed by atoms with E-state index in [4.69, 9.17) is 9.15 Å². The van der Waals surface area contributed by atoms with Gasteiger partial charge in [0, 0.05) is 0 Å². The molecule has 2 aromatic heterocycles. The first kappa shape index (κ1) is 9.45. The second kappa shape index (κ2) is 4.41. The molecule has 0 unspecified atom stereocenters. The van der Waals surface area contributed by atoms with E-state index in [0.717, 1.165) is 0 Å². The van der Waals surface area contributed by atoms with Crippen LogP contribution in [0.1, 0.15) is 5.89 Å². The number of hydrogen-bond acceptors (Lipinski definition) is 6. The molecular formula is C9H10N4O2. The SMILES string of the molecule is COc1cncc(NCc2ncco2)n1. The van der Waals surface area contributed by atoms with Crippen molar-refractivity contribution >= 4 is 5.82 Å². The van der Waals surface area contributed by atoms with Crippen LogP contribution in [0.25, 0.3) is 0 Å². The van der Waals surface area contributed by atoms with Crippen molar-refractivity contribution in [3.63, 3.8) is 0 Å². The number of ether oxygens (including phenoxy) is 1. The van der Waals surface area contributed by atoms with Crippen LogP contribution in [0.3, 0.4) is 0 Å². The number of aromatic nitrogens is 3. The highest BCUT2D eigenvalue weighted by Crippen LogP contribution is 2.08. The van der Waals surface area contributed by atoms with Crippen molar-refractivity contribution in [2.75, 3.05) is 12.4 Å². The molecule has 78 valence electrons. The summed E-state index contributed by atoms with van der Waals surface area (Å²) in [7, 11) is 1.54. The minimum atomic E-state index is 0.465. The fraction of sp³-hybridized carbons (Fsp3) is 0.222. The van der Waals surface area contributed by atoms with Gasteiger partial charge in [-0.25, -0.2) is 4.98 Å². The van der Waals surface area contributed by atoms with Gasteiger partial charge in [-0.1, -0.05) is 0 Å². The van der Waals surface area contributed by atoms with Gasteiger partial charge >= 0.3 is 0 Å². The van der Waals surface area contributed by atoms with E-state index >= 15 is 0 Å². The maximum absolute atomic E-state index is 5.06. The van der Waals surface area contributed by atoms with Crippen molar-refractivity contribution < 1.29 is 9.15 Å². The molecule has 1 N–H and O–H groups in total. The van der Waals surface area contributed by atoms with E-state index < -0.39 is 0 Å². The van der Waals surface area contributed by atoms with Gasteiger partial charge in [-0.15, -0.1) is 0 Å². The Hall–Kier alpha value is -2.11. The van der Waals surface area contributed by atoms with Crippen molar-refractivity contribution in [2.24, 2.45) is 0 Å². The molecule has 0 saturated carbocycles. The van der Waals surface area contributed by atoms with Gasteiger partial charge in [0.1, 0.15) is 12.1 Å². The number of nitrogens with one attached hydrogen (secondary N) is 1. The maximum Gasteiger partial charge on any atom is 0.233 e. The fourth-order valence-electron chi connectivity index (χ4n) is 1.04. The van der Waals surface area contributed by atoms with Crippen LogP contribution < -0.4 is 10.1 Å². The Morgan fingerprint density at radius 1 is 1.47 bits per heavy atom. The summed E-state index contributed by atoms with van der Waals surface area (Å²) in [4.78, 5) is 12.0. The Morgan fingerprint density at radius 3 is 3.13 bits per heavy atom. The first-order chi connectivity index (χ1) is 7.38. The van der Waals surface area contributed by atoms with Gasteiger partial charge < -0.3 is 14.5 Å². The van der Waals surface area contributed by atoms with Crippen LogP contribution in [-0.4, -0.2) is 22.1 Å². The Kier molecular flexibility index (Phi) is 2.77. The topological polar surface area (TPSA) is 73.1 Å². The summed E-state index contributed by atoms with van der Waals surface area (Å²) >= 11 is 0. The zero-order valence-corrected chi connectivity index (χ0v) is 8.17. The molecule has 0 aliphatic carbocycles. The highest BCUT2D eigenvalue weighted by Gasteiger charge is 2.00. The van der Waals surface area contributed by atoms with Crippen molar-refractivity contribution in [3.05, 3.63) is 30.7 Å². The molecule has 6 nitrogen and oxygen atoms in total. The van der Waals surface area contributed by atoms with Crippen LogP contribution >= 0.6 is 0 Å². The zero-order chi connectivity index (χ0) is 10.5. The number of nitrogens with zero attached hydrogens (tertiary/aromatic N) is 3. The van der Waals surface area contributed by atoms with Gasteiger partial charge in [-0.3, -0.25) is 4.98 Å². The average molecular weight is 206 g/mol. The van der Waals surface area contributed by atoms with E-state index in [1.165, 1.54) is 12.5 Å². The molecule has 2 heterocycles. The lowest BCUT2D eigenvalue weighted by molar-refractivity contribution is 0.396. The molecule has 2 aromatic rings. The molecule has 0 aliphatic heterocycles. The predicted octanol–water partition coefficient (Wildman–Crippen LogP) is 1.09. The molecule has 0 aliphatic rings. The van der Waals surface area contributed by atoms with Crippen LogP contribution in [0, 0.1) is 0 Å². The first-order valence-corrected chi connectivity index (χ1v) is 4.37. The monoisotopic (exact) mass is 206 g/mol. The molecule has 0 saturated heterocycles. The number of hydrogen-bond donors (Lipinski definition) is 1. The molecule has 0 radical (unpaired) electrons. The van der Waals surface area contributed by atoms with Gasteiger partial charge in [-0.05, 0) is 0 Å². The summed E-state index contributed by atoms with van der Waals surface area (Å²) in [6, 6.07) is 0. The molecule has 0 aromatic carbocycles. The molecular weight excluding hydrogens is 196 g/mol. The zero-order valence-electron chi connectivity index (χ0n) is 8.17. The van der Waals surface area contributed by atoms with Crippen LogP contribution in [0.2, 0.25) is 0 Å². The Balaban J connectivity index is 1.98. The summed E-state index contributed by atoms with van der Waals surface area (Å²) in [5, 5.41) is 3.01. The third kappa shape index (κ3) is 2.43. The second-order valence-electron chi connectivity index (χ2n) is 2.73. The summed E-state index contributed by atoms with van der Waals surface area (Å²) in [6.45, 7) is 0.467. The number of oxazole rings is 1. The molecule has 0 atom stereocenters. The van der Waals surface area contributed by atoms with Gasteiger partial charge in [0.2, 0.25) is 11.8 Å². The predicted molar refractivity (Wildman–Crippen MR) is 52.4 cm³/mol. The van der Waals surface area contributed by atoms with E-state index in [1.54, 1.807) is 19.5 Å². The van der Waals surface area contributed by atoms with Gasteiger partial charge in [0.25, 0.3) is 0 Å². The molecule has 0 amide bonds. The third-order valence-electron chi connectivity index (χ3n) is 1.73.